The smallest absolute Gasteiger partial charge is 0.0101 e. The molecule has 1 rings (SSSR count). The maximum Gasteiger partial charge on any atom is -0.0101 e. The van der Waals surface area contributed by atoms with Gasteiger partial charge >= 0.3 is 0 Å². The van der Waals surface area contributed by atoms with Crippen LogP contribution in [-0.4, -0.2) is 11.5 Å². The zero-order valence-electron chi connectivity index (χ0n) is 6.35. The zero-order chi connectivity index (χ0) is 6.69. The van der Waals surface area contributed by atoms with Gasteiger partial charge in [-0.3, -0.25) is 0 Å². The summed E-state index contributed by atoms with van der Waals surface area (Å²) < 4.78 is 0. The highest BCUT2D eigenvalue weighted by Gasteiger charge is 2.15. The van der Waals surface area contributed by atoms with Crippen molar-refractivity contribution in [2.75, 3.05) is 6.16 Å². The molecule has 0 N–H and O–H groups in total. The van der Waals surface area contributed by atoms with Crippen LogP contribution in [0.25, 0.3) is 0 Å². The molecule has 1 atom stereocenters. The molecule has 0 aromatic rings. The van der Waals surface area contributed by atoms with Crippen LogP contribution < -0.4 is 0 Å². The molecule has 9 heavy (non-hydrogen) atoms. The first kappa shape index (κ1) is 7.28. The topological polar surface area (TPSA) is 0 Å². The van der Waals surface area contributed by atoms with Gasteiger partial charge in [0.1, 0.15) is 0 Å². The van der Waals surface area contributed by atoms with Gasteiger partial charge in [-0.05, 0) is 36.6 Å². The summed E-state index contributed by atoms with van der Waals surface area (Å²) in [6.45, 7) is 4.59. The Balaban J connectivity index is 2.47. The van der Waals surface area contributed by atoms with E-state index < -0.39 is 0 Å². The standard InChI is InChI=1S/C8H15P/c1-3-7-5-6-9-8(7)4-2/h7H,3-6H2,1-2H3. The van der Waals surface area contributed by atoms with Crippen LogP contribution in [0, 0.1) is 5.92 Å². The third-order valence-corrected chi connectivity index (χ3v) is 3.69. The highest BCUT2D eigenvalue weighted by molar-refractivity contribution is 7.41. The van der Waals surface area contributed by atoms with Crippen molar-refractivity contribution in [3.8, 4) is 0 Å². The molecule has 0 aromatic carbocycles. The average Bonchev–Trinajstić information content (AvgIpc) is 2.33. The van der Waals surface area contributed by atoms with Crippen molar-refractivity contribution >= 4 is 13.5 Å². The van der Waals surface area contributed by atoms with E-state index in [1.807, 2.05) is 0 Å². The van der Waals surface area contributed by atoms with E-state index in [1.165, 1.54) is 25.4 Å². The lowest BCUT2D eigenvalue weighted by atomic mass is 9.98. The summed E-state index contributed by atoms with van der Waals surface area (Å²) in [5, 5.41) is 1.80. The molecule has 52 valence electrons. The van der Waals surface area contributed by atoms with Gasteiger partial charge in [0.15, 0.2) is 0 Å². The Hall–Kier alpha value is 0.170. The van der Waals surface area contributed by atoms with Gasteiger partial charge in [0.05, 0.1) is 0 Å². The van der Waals surface area contributed by atoms with E-state index in [4.69, 9.17) is 0 Å². The molecule has 1 unspecified atom stereocenters. The quantitative estimate of drug-likeness (QED) is 0.520. The highest BCUT2D eigenvalue weighted by Crippen LogP contribution is 2.27. The van der Waals surface area contributed by atoms with E-state index in [0.29, 0.717) is 0 Å². The van der Waals surface area contributed by atoms with E-state index in [2.05, 4.69) is 13.8 Å². The molecule has 0 nitrogen and oxygen atoms in total. The molecule has 1 aliphatic rings. The van der Waals surface area contributed by atoms with Gasteiger partial charge in [0.2, 0.25) is 0 Å². The van der Waals surface area contributed by atoms with Gasteiger partial charge in [-0.2, -0.15) is 0 Å². The van der Waals surface area contributed by atoms with E-state index >= 15 is 0 Å². The average molecular weight is 142 g/mol. The summed E-state index contributed by atoms with van der Waals surface area (Å²) in [7, 11) is 1.65. The van der Waals surface area contributed by atoms with Crippen molar-refractivity contribution in [2.24, 2.45) is 5.92 Å². The lowest BCUT2D eigenvalue weighted by molar-refractivity contribution is 0.656. The van der Waals surface area contributed by atoms with Crippen LogP contribution in [0.15, 0.2) is 0 Å². The largest absolute Gasteiger partial charge is 0.105 e. The van der Waals surface area contributed by atoms with Crippen molar-refractivity contribution in [3.05, 3.63) is 0 Å². The third kappa shape index (κ3) is 1.55. The first-order valence-electron chi connectivity index (χ1n) is 3.91. The molecule has 0 amide bonds. The van der Waals surface area contributed by atoms with Gasteiger partial charge in [-0.1, -0.05) is 13.8 Å². The maximum atomic E-state index is 2.31. The molecule has 0 aliphatic carbocycles. The van der Waals surface area contributed by atoms with E-state index in [9.17, 15) is 0 Å². The van der Waals surface area contributed by atoms with Crippen molar-refractivity contribution in [1.82, 2.24) is 0 Å². The van der Waals surface area contributed by atoms with E-state index in [1.54, 1.807) is 13.5 Å². The lowest BCUT2D eigenvalue weighted by Crippen LogP contribution is -2.05. The summed E-state index contributed by atoms with van der Waals surface area (Å²) in [6, 6.07) is 0. The van der Waals surface area contributed by atoms with Crippen LogP contribution in [0.4, 0.5) is 0 Å². The molecule has 0 spiro atoms. The van der Waals surface area contributed by atoms with E-state index in [-0.39, 0.29) is 0 Å². The maximum absolute atomic E-state index is 2.31. The molecule has 0 saturated heterocycles. The Bertz CT molecular complexity index is 116. The van der Waals surface area contributed by atoms with E-state index in [0.717, 1.165) is 5.92 Å². The van der Waals surface area contributed by atoms with Crippen LogP contribution in [-0.2, 0) is 0 Å². The highest BCUT2D eigenvalue weighted by atomic mass is 31.1. The SMILES string of the molecule is CCC1=PCCC1CC. The minimum absolute atomic E-state index is 0.983. The molecule has 1 aliphatic heterocycles. The van der Waals surface area contributed by atoms with Gasteiger partial charge < -0.3 is 0 Å². The van der Waals surface area contributed by atoms with Crippen molar-refractivity contribution in [1.29, 1.82) is 0 Å². The van der Waals surface area contributed by atoms with Crippen LogP contribution in [0.5, 0.6) is 0 Å². The molecule has 0 radical (unpaired) electrons. The van der Waals surface area contributed by atoms with Gasteiger partial charge in [-0.25, -0.2) is 0 Å². The molecule has 0 bridgehead atoms. The molecule has 0 fully saturated rings. The Labute approximate surface area is 59.5 Å². The second kappa shape index (κ2) is 3.37. The third-order valence-electron chi connectivity index (χ3n) is 2.12. The summed E-state index contributed by atoms with van der Waals surface area (Å²) >= 11 is 0. The number of rotatable bonds is 2. The summed E-state index contributed by atoms with van der Waals surface area (Å²) in [5.41, 5.74) is 0. The fraction of sp³-hybridized carbons (Fsp3) is 0.875. The van der Waals surface area contributed by atoms with Crippen molar-refractivity contribution in [3.63, 3.8) is 0 Å². The fourth-order valence-corrected chi connectivity index (χ4v) is 3.02. The predicted molar refractivity (Wildman–Crippen MR) is 45.5 cm³/mol. The zero-order valence-corrected chi connectivity index (χ0v) is 7.25. The fourth-order valence-electron chi connectivity index (χ4n) is 1.50. The Kier molecular flexibility index (Phi) is 2.72. The lowest BCUT2D eigenvalue weighted by Gasteiger charge is -2.07. The Morgan fingerprint density at radius 1 is 1.56 bits per heavy atom. The minimum atomic E-state index is 0.983. The molecular weight excluding hydrogens is 127 g/mol. The molecule has 0 aromatic heterocycles. The van der Waals surface area contributed by atoms with Crippen LogP contribution >= 0.6 is 8.20 Å². The summed E-state index contributed by atoms with van der Waals surface area (Å²) in [5.74, 6) is 0.983. The second-order valence-electron chi connectivity index (χ2n) is 2.62. The number of hydrogen-bond donors (Lipinski definition) is 0. The first-order valence-corrected chi connectivity index (χ1v) is 4.99. The monoisotopic (exact) mass is 142 g/mol. The van der Waals surface area contributed by atoms with Crippen LogP contribution in [0.1, 0.15) is 33.1 Å². The molecule has 1 heteroatoms. The number of hydrogen-bond acceptors (Lipinski definition) is 0. The van der Waals surface area contributed by atoms with Gasteiger partial charge in [-0.15, -0.1) is 8.20 Å². The molecule has 0 saturated carbocycles. The second-order valence-corrected chi connectivity index (χ2v) is 3.96. The predicted octanol–water partition coefficient (Wildman–Crippen LogP) is 2.94. The molecule has 1 heterocycles. The first-order chi connectivity index (χ1) is 4.38. The minimum Gasteiger partial charge on any atom is -0.105 e. The van der Waals surface area contributed by atoms with Gasteiger partial charge in [0.25, 0.3) is 0 Å². The van der Waals surface area contributed by atoms with Crippen molar-refractivity contribution < 1.29 is 0 Å². The van der Waals surface area contributed by atoms with Crippen LogP contribution in [0.2, 0.25) is 0 Å². The van der Waals surface area contributed by atoms with Crippen molar-refractivity contribution in [2.45, 2.75) is 33.1 Å². The van der Waals surface area contributed by atoms with Crippen LogP contribution in [0.3, 0.4) is 0 Å². The van der Waals surface area contributed by atoms with Gasteiger partial charge in [0, 0.05) is 0 Å². The normalized spacial score (nSPS) is 28.2. The summed E-state index contributed by atoms with van der Waals surface area (Å²) in [6.07, 6.45) is 5.58. The Morgan fingerprint density at radius 3 is 2.78 bits per heavy atom. The Morgan fingerprint density at radius 2 is 2.33 bits per heavy atom. The summed E-state index contributed by atoms with van der Waals surface area (Å²) in [4.78, 5) is 0. The molecular formula is C8H15P.